The summed E-state index contributed by atoms with van der Waals surface area (Å²) in [6.45, 7) is 6.90. The smallest absolute Gasteiger partial charge is 0.0610 e. The Balaban J connectivity index is 1.96. The summed E-state index contributed by atoms with van der Waals surface area (Å²) in [5.74, 6) is 2.05. The molecule has 1 fully saturated rings. The second-order valence-electron chi connectivity index (χ2n) is 7.70. The lowest BCUT2D eigenvalue weighted by atomic mass is 9.65. The van der Waals surface area contributed by atoms with E-state index in [1.165, 1.54) is 17.7 Å². The molecule has 126 valence electrons. The van der Waals surface area contributed by atoms with Crippen LogP contribution in [0.15, 0.2) is 46.9 Å². The molecule has 1 nitrogen and oxygen atoms in total. The minimum absolute atomic E-state index is 0.174. The maximum absolute atomic E-state index is 11.1. The average molecular weight is 331 g/mol. The first kappa shape index (κ1) is 17.1. The van der Waals surface area contributed by atoms with Crippen molar-refractivity contribution in [1.29, 1.82) is 0 Å². The van der Waals surface area contributed by atoms with Crippen LogP contribution in [0.2, 0.25) is 0 Å². The molecule has 3 rings (SSSR count). The number of benzene rings is 1. The maximum Gasteiger partial charge on any atom is 0.0610 e. The van der Waals surface area contributed by atoms with Crippen LogP contribution < -0.4 is 0 Å². The summed E-state index contributed by atoms with van der Waals surface area (Å²) in [4.78, 5) is 1.33. The quantitative estimate of drug-likeness (QED) is 0.734. The third-order valence-electron chi connectivity index (χ3n) is 5.84. The van der Waals surface area contributed by atoms with E-state index in [0.29, 0.717) is 28.9 Å². The summed E-state index contributed by atoms with van der Waals surface area (Å²) in [7, 11) is 0. The van der Waals surface area contributed by atoms with E-state index >= 15 is 0 Å². The molecule has 5 atom stereocenters. The molecule has 2 aliphatic carbocycles. The molecule has 2 heteroatoms. The molecular formula is C21H30OS. The Morgan fingerprint density at radius 3 is 2.57 bits per heavy atom. The lowest BCUT2D eigenvalue weighted by Crippen LogP contribution is -2.45. The monoisotopic (exact) mass is 330 g/mol. The van der Waals surface area contributed by atoms with Crippen molar-refractivity contribution >= 4 is 11.8 Å². The van der Waals surface area contributed by atoms with Gasteiger partial charge in [-0.25, -0.2) is 0 Å². The third kappa shape index (κ3) is 3.69. The molecule has 0 amide bonds. The number of rotatable bonds is 3. The lowest BCUT2D eigenvalue weighted by molar-refractivity contribution is 0.00522. The number of aliphatic hydroxyl groups is 1. The zero-order valence-corrected chi connectivity index (χ0v) is 15.4. The van der Waals surface area contributed by atoms with E-state index in [4.69, 9.17) is 0 Å². The molecule has 0 aromatic heterocycles. The molecule has 0 heterocycles. The van der Waals surface area contributed by atoms with E-state index in [9.17, 15) is 5.11 Å². The molecule has 23 heavy (non-hydrogen) atoms. The standard InChI is InChI=1S/C21H30OS/c1-14(2)18-13-12-16-9-7-8-15(3)20(22)19(18)21(16)23-17-10-5-4-6-11-17/h4-6,9-11,14-15,18-22H,7-8,12-13H2,1-3H3/b16-9+/t15-,18-,19+,20-,21+/m0/s1. The zero-order chi connectivity index (χ0) is 16.4. The highest BCUT2D eigenvalue weighted by molar-refractivity contribution is 8.00. The normalized spacial score (nSPS) is 36.9. The van der Waals surface area contributed by atoms with Crippen molar-refractivity contribution in [2.24, 2.45) is 23.7 Å². The SMILES string of the molecule is CC(C)[C@@H]1CC/C2=C\CC[C@H](C)[C@H](O)[C@@H]1[C@@H]2Sc1ccccc1. The van der Waals surface area contributed by atoms with Gasteiger partial charge in [-0.1, -0.05) is 50.6 Å². The van der Waals surface area contributed by atoms with Crippen LogP contribution in [-0.2, 0) is 0 Å². The van der Waals surface area contributed by atoms with Crippen molar-refractivity contribution in [2.75, 3.05) is 0 Å². The Hall–Kier alpha value is -0.730. The van der Waals surface area contributed by atoms with Crippen molar-refractivity contribution < 1.29 is 5.11 Å². The molecule has 0 spiro atoms. The molecule has 1 saturated carbocycles. The predicted octanol–water partition coefficient (Wildman–Crippen LogP) is 5.55. The molecule has 0 unspecified atom stereocenters. The summed E-state index contributed by atoms with van der Waals surface area (Å²) in [6.07, 6.45) is 7.02. The highest BCUT2D eigenvalue weighted by Crippen LogP contribution is 2.49. The largest absolute Gasteiger partial charge is 0.392 e. The Morgan fingerprint density at radius 1 is 1.13 bits per heavy atom. The first-order chi connectivity index (χ1) is 11.1. The molecule has 1 N–H and O–H groups in total. The van der Waals surface area contributed by atoms with Gasteiger partial charge < -0.3 is 5.11 Å². The Morgan fingerprint density at radius 2 is 1.87 bits per heavy atom. The van der Waals surface area contributed by atoms with E-state index < -0.39 is 0 Å². The van der Waals surface area contributed by atoms with Crippen LogP contribution in [0.3, 0.4) is 0 Å². The fourth-order valence-electron chi connectivity index (χ4n) is 4.45. The van der Waals surface area contributed by atoms with Crippen LogP contribution in [0.4, 0.5) is 0 Å². The Kier molecular flexibility index (Phi) is 5.53. The van der Waals surface area contributed by atoms with Gasteiger partial charge in [0, 0.05) is 16.1 Å². The van der Waals surface area contributed by atoms with E-state index in [1.54, 1.807) is 5.57 Å². The molecule has 1 aromatic rings. The van der Waals surface area contributed by atoms with Crippen molar-refractivity contribution in [3.63, 3.8) is 0 Å². The van der Waals surface area contributed by atoms with Gasteiger partial charge in [0.15, 0.2) is 0 Å². The van der Waals surface area contributed by atoms with Crippen LogP contribution in [0.25, 0.3) is 0 Å². The maximum atomic E-state index is 11.1. The third-order valence-corrected chi connectivity index (χ3v) is 7.26. The predicted molar refractivity (Wildman–Crippen MR) is 99.6 cm³/mol. The van der Waals surface area contributed by atoms with Crippen molar-refractivity contribution in [3.05, 3.63) is 42.0 Å². The lowest BCUT2D eigenvalue weighted by Gasteiger charge is -2.46. The summed E-state index contributed by atoms with van der Waals surface area (Å²) >= 11 is 1.98. The van der Waals surface area contributed by atoms with Crippen molar-refractivity contribution in [3.8, 4) is 0 Å². The van der Waals surface area contributed by atoms with Gasteiger partial charge in [0.1, 0.15) is 0 Å². The van der Waals surface area contributed by atoms with Crippen molar-refractivity contribution in [1.82, 2.24) is 0 Å². The van der Waals surface area contributed by atoms with Crippen LogP contribution in [0.1, 0.15) is 46.5 Å². The first-order valence-corrected chi connectivity index (χ1v) is 10.0. The van der Waals surface area contributed by atoms with Gasteiger partial charge in [-0.05, 0) is 55.6 Å². The fourth-order valence-corrected chi connectivity index (χ4v) is 5.94. The topological polar surface area (TPSA) is 20.2 Å². The Bertz CT molecular complexity index is 536. The summed E-state index contributed by atoms with van der Waals surface area (Å²) in [5, 5.41) is 11.6. The van der Waals surface area contributed by atoms with Gasteiger partial charge in [0.05, 0.1) is 6.10 Å². The number of hydrogen-bond donors (Lipinski definition) is 1. The van der Waals surface area contributed by atoms with Crippen LogP contribution in [0.5, 0.6) is 0 Å². The van der Waals surface area contributed by atoms with E-state index in [0.717, 1.165) is 12.8 Å². The van der Waals surface area contributed by atoms with E-state index in [2.05, 4.69) is 57.2 Å². The second-order valence-corrected chi connectivity index (χ2v) is 8.91. The summed E-state index contributed by atoms with van der Waals surface area (Å²) < 4.78 is 0. The molecule has 2 aliphatic rings. The van der Waals surface area contributed by atoms with Crippen LogP contribution in [0, 0.1) is 23.7 Å². The van der Waals surface area contributed by atoms with Gasteiger partial charge in [-0.15, -0.1) is 11.8 Å². The average Bonchev–Trinajstić information content (AvgIpc) is 2.55. The first-order valence-electron chi connectivity index (χ1n) is 9.16. The highest BCUT2D eigenvalue weighted by Gasteiger charge is 2.44. The number of hydrogen-bond acceptors (Lipinski definition) is 2. The van der Waals surface area contributed by atoms with Gasteiger partial charge in [0.25, 0.3) is 0 Å². The summed E-state index contributed by atoms with van der Waals surface area (Å²) in [6, 6.07) is 10.7. The van der Waals surface area contributed by atoms with Gasteiger partial charge in [-0.3, -0.25) is 0 Å². The molecule has 2 bridgehead atoms. The van der Waals surface area contributed by atoms with Crippen LogP contribution in [-0.4, -0.2) is 16.5 Å². The van der Waals surface area contributed by atoms with Crippen molar-refractivity contribution in [2.45, 2.75) is 62.7 Å². The van der Waals surface area contributed by atoms with Crippen LogP contribution >= 0.6 is 11.8 Å². The molecular weight excluding hydrogens is 300 g/mol. The van der Waals surface area contributed by atoms with E-state index in [-0.39, 0.29) is 6.10 Å². The number of allylic oxidation sites excluding steroid dienone is 1. The van der Waals surface area contributed by atoms with Gasteiger partial charge >= 0.3 is 0 Å². The number of aliphatic hydroxyl groups excluding tert-OH is 1. The highest BCUT2D eigenvalue weighted by atomic mass is 32.2. The fraction of sp³-hybridized carbons (Fsp3) is 0.619. The molecule has 0 aliphatic heterocycles. The zero-order valence-electron chi connectivity index (χ0n) is 14.6. The molecule has 0 saturated heterocycles. The Labute approximate surface area is 145 Å². The number of thioether (sulfide) groups is 1. The number of fused-ring (bicyclic) bond motifs is 2. The van der Waals surface area contributed by atoms with Gasteiger partial charge in [-0.2, -0.15) is 0 Å². The molecule has 0 radical (unpaired) electrons. The minimum atomic E-state index is -0.174. The molecule has 1 aromatic carbocycles. The summed E-state index contributed by atoms with van der Waals surface area (Å²) in [5.41, 5.74) is 1.59. The second kappa shape index (κ2) is 7.44. The van der Waals surface area contributed by atoms with Gasteiger partial charge in [0.2, 0.25) is 0 Å². The minimum Gasteiger partial charge on any atom is -0.392 e. The van der Waals surface area contributed by atoms with E-state index in [1.807, 2.05) is 11.8 Å².